The Bertz CT molecular complexity index is 4270. The van der Waals surface area contributed by atoms with Crippen molar-refractivity contribution in [2.75, 3.05) is 39.9 Å². The molecule has 7 amide bonds. The SMILES string of the molecule is CC(=O)N(C)CCOC(C)CCC(C)C.CC(C)/C(=C/c1ccccc1)c1ccc(OCC(C)C(C)C)cc1.CC(C)/C=N/NC(=O)c1ccccc1OC(C)C.CC(C)NC(=O)NC(=O)c1nnc(C(C)C)o1.CC(C)Oc1ccccc1C(=O)N/N=C(\c1ccncc1)C(C)C.CC(C)Oc1ccccc1C=C1CCN(C(=O)C(C)C)CC1. The van der Waals surface area contributed by atoms with E-state index >= 15 is 0 Å². The minimum Gasteiger partial charge on any atom is -0.493 e. The van der Waals surface area contributed by atoms with Gasteiger partial charge in [-0.05, 0) is 195 Å². The van der Waals surface area contributed by atoms with Crippen LogP contribution in [0.25, 0.3) is 17.7 Å². The topological polar surface area (TPSA) is 280 Å². The predicted molar refractivity (Wildman–Crippen MR) is 487 cm³/mol. The number of nitrogens with zero attached hydrogens (tertiary/aromatic N) is 7. The third-order valence-electron chi connectivity index (χ3n) is 18.1. The number of para-hydroxylation sites is 3. The largest absolute Gasteiger partial charge is 0.493 e. The Labute approximate surface area is 717 Å². The first-order valence-corrected chi connectivity index (χ1v) is 42.4. The van der Waals surface area contributed by atoms with E-state index in [0.29, 0.717) is 71.4 Å². The lowest BCUT2D eigenvalue weighted by molar-refractivity contribution is -0.134. The Morgan fingerprint density at radius 3 is 1.60 bits per heavy atom. The molecule has 2 unspecified atom stereocenters. The predicted octanol–water partition coefficient (Wildman–Crippen LogP) is 20.5. The van der Waals surface area contributed by atoms with Gasteiger partial charge in [0.05, 0.1) is 54.5 Å². The van der Waals surface area contributed by atoms with Crippen LogP contribution in [0.1, 0.15) is 264 Å². The normalized spacial score (nSPS) is 12.6. The summed E-state index contributed by atoms with van der Waals surface area (Å²) in [7, 11) is 1.80. The molecule has 0 bridgehead atoms. The monoisotopic (exact) mass is 1650 g/mol. The van der Waals surface area contributed by atoms with Gasteiger partial charge in [0, 0.05) is 81.2 Å². The molecule has 0 radical (unpaired) electrons. The Morgan fingerprint density at radius 1 is 0.575 bits per heavy atom. The number of urea groups is 1. The van der Waals surface area contributed by atoms with E-state index < -0.39 is 11.9 Å². The van der Waals surface area contributed by atoms with E-state index in [1.54, 1.807) is 87.7 Å². The molecular formula is C97H141N11O12. The number of pyridine rings is 1. The van der Waals surface area contributed by atoms with Gasteiger partial charge in [0.1, 0.15) is 23.0 Å². The smallest absolute Gasteiger partial charge is 0.322 e. The first-order chi connectivity index (χ1) is 56.8. The van der Waals surface area contributed by atoms with E-state index in [1.165, 1.54) is 28.7 Å². The van der Waals surface area contributed by atoms with Crippen LogP contribution in [0.4, 0.5) is 4.79 Å². The number of benzene rings is 5. The second kappa shape index (κ2) is 55.8. The number of nitrogens with one attached hydrogen (secondary N) is 4. The van der Waals surface area contributed by atoms with E-state index in [0.717, 1.165) is 73.2 Å². The molecule has 23 heteroatoms. The fourth-order valence-corrected chi connectivity index (χ4v) is 10.9. The molecule has 656 valence electrons. The summed E-state index contributed by atoms with van der Waals surface area (Å²) in [5, 5.41) is 20.1. The summed E-state index contributed by atoms with van der Waals surface area (Å²) in [5.74, 6) is 5.25. The second-order valence-corrected chi connectivity index (χ2v) is 33.1. The van der Waals surface area contributed by atoms with Crippen molar-refractivity contribution >= 4 is 65.2 Å². The van der Waals surface area contributed by atoms with E-state index in [-0.39, 0.29) is 71.6 Å². The molecule has 0 saturated carbocycles. The Balaban J connectivity index is 0.000000375. The molecule has 1 aliphatic rings. The van der Waals surface area contributed by atoms with Gasteiger partial charge in [-0.3, -0.25) is 34.3 Å². The molecule has 0 spiro atoms. The maximum Gasteiger partial charge on any atom is 0.322 e. The number of allylic oxidation sites excluding steroid dienone is 1. The Morgan fingerprint density at radius 2 is 1.11 bits per heavy atom. The van der Waals surface area contributed by atoms with E-state index in [2.05, 4.69) is 175 Å². The zero-order valence-electron chi connectivity index (χ0n) is 76.6. The van der Waals surface area contributed by atoms with Crippen molar-refractivity contribution in [1.82, 2.24) is 46.5 Å². The lowest BCUT2D eigenvalue weighted by Gasteiger charge is -2.30. The highest BCUT2D eigenvalue weighted by Crippen LogP contribution is 2.30. The summed E-state index contributed by atoms with van der Waals surface area (Å²) in [6.07, 6.45) is 14.3. The molecule has 2 aromatic heterocycles. The zero-order chi connectivity index (χ0) is 89.6. The fraction of sp³-hybridized carbons (Fsp3) is 0.495. The number of carbonyl (C=O) groups is 6. The van der Waals surface area contributed by atoms with Crippen molar-refractivity contribution in [2.24, 2.45) is 51.6 Å². The summed E-state index contributed by atoms with van der Waals surface area (Å²) in [4.78, 5) is 77.8. The van der Waals surface area contributed by atoms with Gasteiger partial charge in [0.25, 0.3) is 11.8 Å². The average Bonchev–Trinajstić information content (AvgIpc) is 1.13. The first kappa shape index (κ1) is 103. The highest BCUT2D eigenvalue weighted by molar-refractivity contribution is 6.04. The summed E-state index contributed by atoms with van der Waals surface area (Å²) >= 11 is 0. The molecule has 3 heterocycles. The number of imide groups is 1. The summed E-state index contributed by atoms with van der Waals surface area (Å²) in [6, 6.07) is 44.6. The number of carbonyl (C=O) groups excluding carboxylic acids is 6. The number of hydrazone groups is 2. The first-order valence-electron chi connectivity index (χ1n) is 42.4. The minimum absolute atomic E-state index is 0.00880. The van der Waals surface area contributed by atoms with Gasteiger partial charge in [0.15, 0.2) is 0 Å². The van der Waals surface area contributed by atoms with Crippen LogP contribution in [0.2, 0.25) is 0 Å². The van der Waals surface area contributed by atoms with Crippen molar-refractivity contribution in [1.29, 1.82) is 0 Å². The molecular weight excluding hydrogens is 1510 g/mol. The van der Waals surface area contributed by atoms with E-state index in [4.69, 9.17) is 28.1 Å². The van der Waals surface area contributed by atoms with Crippen LogP contribution in [0.5, 0.6) is 23.0 Å². The van der Waals surface area contributed by atoms with Crippen LogP contribution in [-0.2, 0) is 14.3 Å². The Hall–Kier alpha value is -10.8. The van der Waals surface area contributed by atoms with Crippen LogP contribution in [0.15, 0.2) is 172 Å². The molecule has 120 heavy (non-hydrogen) atoms. The molecule has 23 nitrogen and oxygen atoms in total. The molecule has 4 N–H and O–H groups in total. The maximum absolute atomic E-state index is 12.5. The molecule has 0 aliphatic carbocycles. The van der Waals surface area contributed by atoms with Gasteiger partial charge >= 0.3 is 17.8 Å². The fourth-order valence-electron chi connectivity index (χ4n) is 10.9. The third kappa shape index (κ3) is 41.7. The lowest BCUT2D eigenvalue weighted by Crippen LogP contribution is -2.42. The van der Waals surface area contributed by atoms with Crippen LogP contribution in [-0.4, -0.2) is 143 Å². The molecule has 7 aromatic rings. The van der Waals surface area contributed by atoms with Gasteiger partial charge < -0.3 is 43.2 Å². The van der Waals surface area contributed by atoms with E-state index in [9.17, 15) is 28.8 Å². The molecule has 1 saturated heterocycles. The molecule has 2 atom stereocenters. The number of piperidine rings is 1. The molecule has 1 aliphatic heterocycles. The molecule has 8 rings (SSSR count). The van der Waals surface area contributed by atoms with E-state index in [1.807, 2.05) is 144 Å². The van der Waals surface area contributed by atoms with Gasteiger partial charge in [-0.1, -0.05) is 207 Å². The van der Waals surface area contributed by atoms with Crippen LogP contribution in [0, 0.1) is 41.4 Å². The second-order valence-electron chi connectivity index (χ2n) is 33.1. The summed E-state index contributed by atoms with van der Waals surface area (Å²) in [6.45, 7) is 54.1. The Kier molecular flexibility index (Phi) is 48.1. The quantitative estimate of drug-likeness (QED) is 0.0173. The number of amides is 7. The number of ether oxygens (including phenoxy) is 5. The highest BCUT2D eigenvalue weighted by atomic mass is 16.5. The number of hydrogen-bond acceptors (Lipinski definition) is 17. The molecule has 1 fully saturated rings. The number of rotatable bonds is 32. The number of aromatic nitrogens is 3. The maximum atomic E-state index is 12.5. The summed E-state index contributed by atoms with van der Waals surface area (Å²) < 4.78 is 33.8. The van der Waals surface area contributed by atoms with Gasteiger partial charge in [-0.15, -0.1) is 10.2 Å². The van der Waals surface area contributed by atoms with Gasteiger partial charge in [-0.25, -0.2) is 15.6 Å². The standard InChI is InChI=1S/C23H30O.C19H23N3O2.C19H27NO2.C14H20N2O2.C12H25NO2.C10H16N4O3/c1-17(2)19(5)16-24-22-13-11-21(12-14-22)23(18(3)4)15-20-9-7-6-8-10-20;1-13(2)18(15-9-11-20-12-10-15)21-22-19(23)16-7-5-6-8-17(16)24-14(3)4;1-14(2)19(21)20-11-9-16(10-12-20)13-17-7-5-6-8-18(17)22-15(3)4;1-10(2)9-15-16-14(17)12-7-5-6-8-13(12)18-11(3)4;1-10(2)6-7-11(3)15-9-8-13(5)12(4)14;1-5(2)8-13-14-9(17-8)7(15)12-10(16)11-6(3)4/h6-15,17-19H,16H2,1-5H3;5-14H,1-4H3,(H,22,23);5-8,13-15H,9-12H2,1-4H3;5-11H,1-4H3,(H,16,17);10-11H,6-9H2,1-5H3;5-6H,1-4H3,(H2,11,12,15,16)/b23-15-;21-18-;;15-9+;;. The lowest BCUT2D eigenvalue weighted by atomic mass is 9.93. The minimum atomic E-state index is -0.706. The average molecular weight is 1650 g/mol. The zero-order valence-corrected chi connectivity index (χ0v) is 76.6. The third-order valence-corrected chi connectivity index (χ3v) is 18.1. The highest BCUT2D eigenvalue weighted by Gasteiger charge is 2.24. The van der Waals surface area contributed by atoms with Crippen LogP contribution in [0.3, 0.4) is 0 Å². The number of likely N-dealkylation sites (tertiary alicyclic amines) is 1. The van der Waals surface area contributed by atoms with Gasteiger partial charge in [-0.2, -0.15) is 10.2 Å². The van der Waals surface area contributed by atoms with Crippen molar-refractivity contribution in [3.8, 4) is 23.0 Å². The van der Waals surface area contributed by atoms with Crippen molar-refractivity contribution < 1.29 is 56.9 Å². The van der Waals surface area contributed by atoms with Crippen molar-refractivity contribution in [3.63, 3.8) is 0 Å². The summed E-state index contributed by atoms with van der Waals surface area (Å²) in [5.41, 5.74) is 14.2. The molecule has 5 aromatic carbocycles. The number of likely N-dealkylation sites (N-methyl/N-ethyl adjacent to an activating group) is 1. The van der Waals surface area contributed by atoms with Crippen molar-refractivity contribution in [2.45, 2.75) is 235 Å². The number of hydrogen-bond donors (Lipinski definition) is 4. The van der Waals surface area contributed by atoms with Crippen LogP contribution >= 0.6 is 0 Å². The van der Waals surface area contributed by atoms with Crippen LogP contribution < -0.4 is 40.4 Å². The van der Waals surface area contributed by atoms with Crippen molar-refractivity contribution in [3.05, 3.63) is 203 Å². The van der Waals surface area contributed by atoms with Gasteiger partial charge in [0.2, 0.25) is 17.7 Å².